The predicted octanol–water partition coefficient (Wildman–Crippen LogP) is 6.40. The second kappa shape index (κ2) is 11.4. The molecule has 31 heavy (non-hydrogen) atoms. The summed E-state index contributed by atoms with van der Waals surface area (Å²) in [4.78, 5) is 14.3. The van der Waals surface area contributed by atoms with Crippen LogP contribution in [0.3, 0.4) is 0 Å². The Labute approximate surface area is 191 Å². The molecule has 1 aliphatic heterocycles. The lowest BCUT2D eigenvalue weighted by molar-refractivity contribution is -0.141. The Morgan fingerprint density at radius 3 is 2.74 bits per heavy atom. The average Bonchev–Trinajstić information content (AvgIpc) is 2.78. The zero-order valence-electron chi connectivity index (χ0n) is 18.9. The number of carbonyl (C=O) groups excluding carboxylic acids is 1. The maximum atomic E-state index is 12.0. The Balaban J connectivity index is 1.89. The predicted molar refractivity (Wildman–Crippen MR) is 127 cm³/mol. The van der Waals surface area contributed by atoms with Gasteiger partial charge >= 0.3 is 5.97 Å². The number of hydrogen-bond donors (Lipinski definition) is 0. The molecule has 0 aromatic heterocycles. The minimum Gasteiger partial charge on any atom is -0.497 e. The first-order chi connectivity index (χ1) is 15.0. The number of ether oxygens (including phenoxy) is 2. The average molecular weight is 444 g/mol. The van der Waals surface area contributed by atoms with Crippen LogP contribution in [0, 0.1) is 0 Å². The first kappa shape index (κ1) is 23.5. The summed E-state index contributed by atoms with van der Waals surface area (Å²) in [6.07, 6.45) is 6.83. The number of halogens is 1. The van der Waals surface area contributed by atoms with E-state index in [1.807, 2.05) is 12.1 Å². The molecular formula is C26H34ClNO3. The van der Waals surface area contributed by atoms with Crippen molar-refractivity contribution in [3.05, 3.63) is 58.6 Å². The van der Waals surface area contributed by atoms with Gasteiger partial charge in [0.25, 0.3) is 0 Å². The highest BCUT2D eigenvalue weighted by atomic mass is 35.5. The molecular weight excluding hydrogens is 410 g/mol. The molecule has 0 aliphatic carbocycles. The molecule has 168 valence electrons. The molecule has 0 bridgehead atoms. The minimum atomic E-state index is -0.149. The highest BCUT2D eigenvalue weighted by Gasteiger charge is 2.26. The molecule has 0 N–H and O–H groups in total. The van der Waals surface area contributed by atoms with E-state index in [-0.39, 0.29) is 12.0 Å². The largest absolute Gasteiger partial charge is 0.497 e. The van der Waals surface area contributed by atoms with E-state index in [1.54, 1.807) is 7.11 Å². The van der Waals surface area contributed by atoms with Crippen molar-refractivity contribution in [1.82, 2.24) is 0 Å². The molecule has 1 fully saturated rings. The number of rotatable bonds is 9. The number of anilines is 1. The van der Waals surface area contributed by atoms with E-state index >= 15 is 0 Å². The fourth-order valence-electron chi connectivity index (χ4n) is 4.65. The molecule has 1 heterocycles. The first-order valence-electron chi connectivity index (χ1n) is 11.3. The topological polar surface area (TPSA) is 38.8 Å². The van der Waals surface area contributed by atoms with E-state index in [0.717, 1.165) is 61.5 Å². The number of esters is 1. The summed E-state index contributed by atoms with van der Waals surface area (Å²) in [5, 5.41) is 0.781. The Morgan fingerprint density at radius 1 is 1.19 bits per heavy atom. The fourth-order valence-corrected chi connectivity index (χ4v) is 4.85. The van der Waals surface area contributed by atoms with Crippen LogP contribution in [0.25, 0.3) is 0 Å². The molecule has 3 rings (SSSR count). The van der Waals surface area contributed by atoms with E-state index in [9.17, 15) is 4.79 Å². The number of carbonyl (C=O) groups is 1. The van der Waals surface area contributed by atoms with Crippen molar-refractivity contribution in [1.29, 1.82) is 0 Å². The first-order valence-corrected chi connectivity index (χ1v) is 11.7. The summed E-state index contributed by atoms with van der Waals surface area (Å²) in [5.41, 5.74) is 3.65. The smallest absolute Gasteiger partial charge is 0.307 e. The Hall–Kier alpha value is -2.20. The molecule has 0 radical (unpaired) electrons. The van der Waals surface area contributed by atoms with Gasteiger partial charge in [0.05, 0.1) is 20.6 Å². The minimum absolute atomic E-state index is 0.149. The van der Waals surface area contributed by atoms with Crippen molar-refractivity contribution in [2.45, 2.75) is 63.8 Å². The second-order valence-electron chi connectivity index (χ2n) is 8.41. The second-order valence-corrected chi connectivity index (χ2v) is 8.84. The molecule has 2 aromatic carbocycles. The maximum absolute atomic E-state index is 12.0. The van der Waals surface area contributed by atoms with Crippen molar-refractivity contribution in [2.75, 3.05) is 25.7 Å². The summed E-state index contributed by atoms with van der Waals surface area (Å²) < 4.78 is 10.6. The van der Waals surface area contributed by atoms with Gasteiger partial charge in [-0.05, 0) is 73.4 Å². The van der Waals surface area contributed by atoms with Crippen LogP contribution in [0.1, 0.15) is 62.5 Å². The third-order valence-corrected chi connectivity index (χ3v) is 6.45. The van der Waals surface area contributed by atoms with Crippen molar-refractivity contribution in [3.8, 4) is 5.75 Å². The van der Waals surface area contributed by atoms with Crippen LogP contribution >= 0.6 is 11.6 Å². The molecule has 1 saturated heterocycles. The van der Waals surface area contributed by atoms with Crippen LogP contribution in [-0.4, -0.2) is 32.8 Å². The summed E-state index contributed by atoms with van der Waals surface area (Å²) in [7, 11) is 3.17. The zero-order chi connectivity index (χ0) is 22.2. The normalized spacial score (nSPS) is 17.3. The van der Waals surface area contributed by atoms with Crippen LogP contribution in [0.2, 0.25) is 5.02 Å². The van der Waals surface area contributed by atoms with Crippen LogP contribution < -0.4 is 9.64 Å². The monoisotopic (exact) mass is 443 g/mol. The van der Waals surface area contributed by atoms with Crippen molar-refractivity contribution < 1.29 is 14.3 Å². The van der Waals surface area contributed by atoms with Crippen molar-refractivity contribution >= 4 is 23.3 Å². The fraction of sp³-hybridized carbons (Fsp3) is 0.500. The van der Waals surface area contributed by atoms with Gasteiger partial charge in [-0.25, -0.2) is 0 Å². The van der Waals surface area contributed by atoms with Crippen molar-refractivity contribution in [2.24, 2.45) is 0 Å². The van der Waals surface area contributed by atoms with Gasteiger partial charge in [-0.2, -0.15) is 0 Å². The highest BCUT2D eigenvalue weighted by Crippen LogP contribution is 2.34. The van der Waals surface area contributed by atoms with Gasteiger partial charge in [0.15, 0.2) is 0 Å². The van der Waals surface area contributed by atoms with Gasteiger partial charge in [-0.15, -0.1) is 0 Å². The molecule has 1 aliphatic rings. The van der Waals surface area contributed by atoms with E-state index in [1.165, 1.54) is 18.2 Å². The highest BCUT2D eigenvalue weighted by molar-refractivity contribution is 6.30. The summed E-state index contributed by atoms with van der Waals surface area (Å²) in [5.74, 6) is 1.11. The van der Waals surface area contributed by atoms with Crippen LogP contribution in [0.4, 0.5) is 5.69 Å². The van der Waals surface area contributed by atoms with E-state index in [0.29, 0.717) is 12.3 Å². The van der Waals surface area contributed by atoms with E-state index in [4.69, 9.17) is 21.1 Å². The standard InChI is InChI=1S/C26H34ClNO3/c1-4-8-20(21-9-7-10-22(27)16-21)13-19-14-24(17-25(15-19)30-2)28-12-6-5-11-23(28)18-26(29)31-3/h7,9-10,14-17,20,23H,4-6,8,11-13,18H2,1-3H3. The third-order valence-electron chi connectivity index (χ3n) is 6.21. The molecule has 0 spiro atoms. The Bertz CT molecular complexity index is 869. The number of benzene rings is 2. The number of nitrogens with zero attached hydrogens (tertiary/aromatic N) is 1. The summed E-state index contributed by atoms with van der Waals surface area (Å²) in [6, 6.07) is 14.9. The SMILES string of the molecule is CCCC(Cc1cc(OC)cc(N2CCCCC2CC(=O)OC)c1)c1cccc(Cl)c1. The van der Waals surface area contributed by atoms with Crippen LogP contribution in [-0.2, 0) is 16.0 Å². The van der Waals surface area contributed by atoms with E-state index < -0.39 is 0 Å². The molecule has 5 heteroatoms. The maximum Gasteiger partial charge on any atom is 0.307 e. The molecule has 2 unspecified atom stereocenters. The van der Waals surface area contributed by atoms with Gasteiger partial charge in [0.2, 0.25) is 0 Å². The third kappa shape index (κ3) is 6.39. The molecule has 2 atom stereocenters. The molecule has 0 saturated carbocycles. The van der Waals surface area contributed by atoms with Gasteiger partial charge in [-0.1, -0.05) is 37.1 Å². The van der Waals surface area contributed by atoms with Crippen molar-refractivity contribution in [3.63, 3.8) is 0 Å². The summed E-state index contributed by atoms with van der Waals surface area (Å²) in [6.45, 7) is 3.17. The molecule has 0 amide bonds. The van der Waals surface area contributed by atoms with Gasteiger partial charge in [-0.3, -0.25) is 4.79 Å². The molecule has 2 aromatic rings. The Morgan fingerprint density at radius 2 is 2.03 bits per heavy atom. The molecule has 4 nitrogen and oxygen atoms in total. The van der Waals surface area contributed by atoms with E-state index in [2.05, 4.69) is 42.2 Å². The number of hydrogen-bond acceptors (Lipinski definition) is 4. The lowest BCUT2D eigenvalue weighted by Gasteiger charge is -2.37. The van der Waals surface area contributed by atoms with Gasteiger partial charge < -0.3 is 14.4 Å². The summed E-state index contributed by atoms with van der Waals surface area (Å²) >= 11 is 6.27. The number of methoxy groups -OCH3 is 2. The van der Waals surface area contributed by atoms with Gasteiger partial charge in [0.1, 0.15) is 5.75 Å². The number of piperidine rings is 1. The van der Waals surface area contributed by atoms with Crippen LogP contribution in [0.15, 0.2) is 42.5 Å². The zero-order valence-corrected chi connectivity index (χ0v) is 19.7. The quantitative estimate of drug-likeness (QED) is 0.420. The lowest BCUT2D eigenvalue weighted by Crippen LogP contribution is -2.41. The van der Waals surface area contributed by atoms with Gasteiger partial charge in [0, 0.05) is 29.4 Å². The van der Waals surface area contributed by atoms with Crippen LogP contribution in [0.5, 0.6) is 5.75 Å². The lowest BCUT2D eigenvalue weighted by atomic mass is 9.88. The Kier molecular flexibility index (Phi) is 8.65.